The molecule has 0 aromatic carbocycles. The Balaban J connectivity index is 2.70. The fraction of sp³-hybridized carbons (Fsp3) is 0.125. The average Bonchev–Trinajstić information content (AvgIpc) is 2.43. The van der Waals surface area contributed by atoms with E-state index in [2.05, 4.69) is 20.9 Å². The van der Waals surface area contributed by atoms with Crippen molar-refractivity contribution in [3.05, 3.63) is 27.3 Å². The van der Waals surface area contributed by atoms with E-state index in [-0.39, 0.29) is 5.71 Å². The Morgan fingerprint density at radius 1 is 1.67 bits per heavy atom. The molecule has 7 heteroatoms. The number of aromatic nitrogens is 2. The number of carboxylic acid groups (broad SMARTS) is 1. The van der Waals surface area contributed by atoms with E-state index in [1.807, 2.05) is 0 Å². The topological polar surface area (TPSA) is 85.3 Å². The Hall–Kier alpha value is -1.63. The van der Waals surface area contributed by atoms with Crippen LogP contribution in [-0.2, 0) is 11.3 Å². The monoisotopic (exact) mass is 272 g/mol. The Morgan fingerprint density at radius 2 is 2.40 bits per heavy atom. The van der Waals surface area contributed by atoms with E-state index in [0.29, 0.717) is 9.99 Å². The van der Waals surface area contributed by atoms with Crippen LogP contribution in [-0.4, -0.2) is 20.6 Å². The summed E-state index contributed by atoms with van der Waals surface area (Å²) in [5.74, 6) is -1.84. The predicted molar refractivity (Wildman–Crippen MR) is 53.6 cm³/mol. The number of hydrogen-bond acceptors (Lipinski definition) is 4. The smallest absolute Gasteiger partial charge is 0.421 e. The molecule has 6 nitrogen and oxygen atoms in total. The third-order valence-electron chi connectivity index (χ3n) is 1.79. The average molecular weight is 273 g/mol. The van der Waals surface area contributed by atoms with Gasteiger partial charge in [0.25, 0.3) is 0 Å². The van der Waals surface area contributed by atoms with Gasteiger partial charge in [0.2, 0.25) is 5.71 Å². The van der Waals surface area contributed by atoms with E-state index in [1.165, 1.54) is 6.20 Å². The maximum absolute atomic E-state index is 11.3. The minimum absolute atomic E-state index is 0.129. The van der Waals surface area contributed by atoms with Crippen molar-refractivity contribution in [3.8, 4) is 0 Å². The first-order chi connectivity index (χ1) is 7.08. The first kappa shape index (κ1) is 9.91. The summed E-state index contributed by atoms with van der Waals surface area (Å²) in [6.45, 7) is -0.441. The summed E-state index contributed by atoms with van der Waals surface area (Å²) in [7, 11) is 0. The highest BCUT2D eigenvalue weighted by Crippen LogP contribution is 2.15. The van der Waals surface area contributed by atoms with Crippen LogP contribution in [0, 0.1) is 0 Å². The fourth-order valence-corrected chi connectivity index (χ4v) is 1.53. The van der Waals surface area contributed by atoms with Gasteiger partial charge in [0.15, 0.2) is 0 Å². The van der Waals surface area contributed by atoms with Crippen molar-refractivity contribution in [1.29, 1.82) is 0 Å². The van der Waals surface area contributed by atoms with Crippen molar-refractivity contribution in [1.82, 2.24) is 9.55 Å². The molecule has 0 spiro atoms. The van der Waals surface area contributed by atoms with Crippen LogP contribution < -0.4 is 5.76 Å². The van der Waals surface area contributed by atoms with E-state index in [9.17, 15) is 9.59 Å². The molecule has 0 amide bonds. The molecule has 0 atom stereocenters. The summed E-state index contributed by atoms with van der Waals surface area (Å²) in [6, 6.07) is 1.58. The van der Waals surface area contributed by atoms with Crippen molar-refractivity contribution in [2.24, 2.45) is 0 Å². The molecule has 0 bridgehead atoms. The van der Waals surface area contributed by atoms with Crippen molar-refractivity contribution in [2.45, 2.75) is 6.54 Å². The number of halogens is 1. The minimum Gasteiger partial charge on any atom is -0.480 e. The van der Waals surface area contributed by atoms with Gasteiger partial charge in [-0.2, -0.15) is 0 Å². The van der Waals surface area contributed by atoms with Gasteiger partial charge in [0.05, 0.1) is 0 Å². The van der Waals surface area contributed by atoms with Crippen LogP contribution in [0.5, 0.6) is 0 Å². The van der Waals surface area contributed by atoms with Crippen LogP contribution >= 0.6 is 15.9 Å². The van der Waals surface area contributed by atoms with Crippen LogP contribution in [0.4, 0.5) is 0 Å². The SMILES string of the molecule is O=C(O)Cn1c(=O)oc2ncc(Br)cc21. The Kier molecular flexibility index (Phi) is 2.31. The molecule has 0 fully saturated rings. The Morgan fingerprint density at radius 3 is 3.07 bits per heavy atom. The summed E-state index contributed by atoms with van der Waals surface area (Å²) >= 11 is 3.18. The second-order valence-corrected chi connectivity index (χ2v) is 3.74. The van der Waals surface area contributed by atoms with E-state index in [4.69, 9.17) is 9.52 Å². The first-order valence-corrected chi connectivity index (χ1v) is 4.74. The molecule has 0 aliphatic carbocycles. The van der Waals surface area contributed by atoms with Gasteiger partial charge < -0.3 is 9.52 Å². The molecule has 0 aliphatic heterocycles. The maximum atomic E-state index is 11.3. The van der Waals surface area contributed by atoms with Gasteiger partial charge in [0, 0.05) is 10.7 Å². The normalized spacial score (nSPS) is 10.7. The largest absolute Gasteiger partial charge is 0.480 e. The summed E-state index contributed by atoms with van der Waals surface area (Å²) in [5.41, 5.74) is 0.487. The molecule has 15 heavy (non-hydrogen) atoms. The molecular formula is C8H5BrN2O4. The number of nitrogens with zero attached hydrogens (tertiary/aromatic N) is 2. The molecule has 1 N–H and O–H groups in total. The van der Waals surface area contributed by atoms with E-state index < -0.39 is 18.3 Å². The van der Waals surface area contributed by atoms with Crippen LogP contribution in [0.3, 0.4) is 0 Å². The summed E-state index contributed by atoms with van der Waals surface area (Å²) in [5, 5.41) is 8.60. The molecule has 0 radical (unpaired) electrons. The number of rotatable bonds is 2. The van der Waals surface area contributed by atoms with Gasteiger partial charge >= 0.3 is 11.7 Å². The van der Waals surface area contributed by atoms with Crippen molar-refractivity contribution < 1.29 is 14.3 Å². The van der Waals surface area contributed by atoms with Crippen molar-refractivity contribution >= 4 is 33.1 Å². The van der Waals surface area contributed by atoms with Gasteiger partial charge in [-0.05, 0) is 22.0 Å². The van der Waals surface area contributed by atoms with Gasteiger partial charge in [-0.25, -0.2) is 9.78 Å². The van der Waals surface area contributed by atoms with Crippen LogP contribution in [0.2, 0.25) is 0 Å². The lowest BCUT2D eigenvalue weighted by Gasteiger charge is -1.96. The molecule has 0 aliphatic rings. The lowest BCUT2D eigenvalue weighted by Crippen LogP contribution is -2.19. The predicted octanol–water partition coefficient (Wildman–Crippen LogP) is 0.837. The standard InChI is InChI=1S/C8H5BrN2O4/c9-4-1-5-7(10-2-4)15-8(14)11(5)3-6(12)13/h1-2H,3H2,(H,12,13). The van der Waals surface area contributed by atoms with E-state index >= 15 is 0 Å². The third kappa shape index (κ3) is 1.78. The van der Waals surface area contributed by atoms with Crippen LogP contribution in [0.15, 0.2) is 25.9 Å². The number of hydrogen-bond donors (Lipinski definition) is 1. The van der Waals surface area contributed by atoms with Gasteiger partial charge in [-0.1, -0.05) is 0 Å². The number of carboxylic acids is 1. The van der Waals surface area contributed by atoms with Crippen molar-refractivity contribution in [2.75, 3.05) is 0 Å². The molecule has 0 saturated heterocycles. The molecular weight excluding hydrogens is 268 g/mol. The van der Waals surface area contributed by atoms with Gasteiger partial charge in [-0.3, -0.25) is 9.36 Å². The number of carbonyl (C=O) groups is 1. The third-order valence-corrected chi connectivity index (χ3v) is 2.22. The zero-order valence-corrected chi connectivity index (χ0v) is 8.89. The molecule has 0 unspecified atom stereocenters. The van der Waals surface area contributed by atoms with E-state index in [1.54, 1.807) is 6.07 Å². The molecule has 2 aromatic heterocycles. The Bertz CT molecular complexity index is 586. The highest BCUT2D eigenvalue weighted by Gasteiger charge is 2.12. The molecule has 2 rings (SSSR count). The van der Waals surface area contributed by atoms with E-state index in [0.717, 1.165) is 4.57 Å². The van der Waals surface area contributed by atoms with Crippen molar-refractivity contribution in [3.63, 3.8) is 0 Å². The van der Waals surface area contributed by atoms with Crippen LogP contribution in [0.25, 0.3) is 11.2 Å². The molecule has 0 saturated carbocycles. The molecule has 2 heterocycles. The summed E-state index contributed by atoms with van der Waals surface area (Å²) < 4.78 is 6.42. The molecule has 2 aromatic rings. The zero-order valence-electron chi connectivity index (χ0n) is 7.31. The number of oxazole rings is 1. The maximum Gasteiger partial charge on any atom is 0.421 e. The summed E-state index contributed by atoms with van der Waals surface area (Å²) in [6.07, 6.45) is 1.47. The second-order valence-electron chi connectivity index (χ2n) is 2.83. The van der Waals surface area contributed by atoms with Gasteiger partial charge in [0.1, 0.15) is 12.1 Å². The quantitative estimate of drug-likeness (QED) is 0.876. The van der Waals surface area contributed by atoms with Crippen LogP contribution in [0.1, 0.15) is 0 Å². The Labute approximate surface area is 91.3 Å². The number of fused-ring (bicyclic) bond motifs is 1. The number of aliphatic carboxylic acids is 1. The fourth-order valence-electron chi connectivity index (χ4n) is 1.21. The molecule has 78 valence electrons. The zero-order chi connectivity index (χ0) is 11.0. The highest BCUT2D eigenvalue weighted by atomic mass is 79.9. The lowest BCUT2D eigenvalue weighted by molar-refractivity contribution is -0.137. The first-order valence-electron chi connectivity index (χ1n) is 3.94. The lowest BCUT2D eigenvalue weighted by atomic mass is 10.4. The highest BCUT2D eigenvalue weighted by molar-refractivity contribution is 9.10. The summed E-state index contributed by atoms with van der Waals surface area (Å²) in [4.78, 5) is 25.6. The number of pyridine rings is 1. The minimum atomic E-state index is -1.11. The van der Waals surface area contributed by atoms with Gasteiger partial charge in [-0.15, -0.1) is 0 Å². The second kappa shape index (κ2) is 3.50.